The van der Waals surface area contributed by atoms with Gasteiger partial charge in [0.05, 0.1) is 12.1 Å². The monoisotopic (exact) mass is 740 g/mol. The molecule has 0 radical (unpaired) electrons. The highest BCUT2D eigenvalue weighted by molar-refractivity contribution is 5.75. The number of benzene rings is 3. The van der Waals surface area contributed by atoms with Gasteiger partial charge >= 0.3 is 0 Å². The molecule has 282 valence electrons. The fourth-order valence-corrected chi connectivity index (χ4v) is 9.78. The zero-order valence-electron chi connectivity index (χ0n) is 33.1. The second kappa shape index (κ2) is 15.6. The summed E-state index contributed by atoms with van der Waals surface area (Å²) in [6.07, 6.45) is 50.8. The number of anilines is 3. The van der Waals surface area contributed by atoms with Crippen molar-refractivity contribution in [2.24, 2.45) is 11.8 Å². The predicted octanol–water partition coefficient (Wildman–Crippen LogP) is 13.9. The van der Waals surface area contributed by atoms with Crippen molar-refractivity contribution in [3.05, 3.63) is 214 Å². The molecular formula is C55H52N2. The summed E-state index contributed by atoms with van der Waals surface area (Å²) in [5.74, 6) is 1.05. The standard InChI is InChI=1S/C55H52N2/c1-39-14-21-45-25-33-55(38-49(45)34-39)57(54-32-24-44-10-4-7-13-48(44)37-54)51-28-19-41(20-29-51)16-15-40-17-26-50(27-18-40)56(52-30-22-42-8-2-5-11-46(42)35-52)53-31-23-43-9-3-6-12-47(43)36-53/h2,4-6,8,10-12,14-21,23-33,35,38-39,42,53-54H,3,7,9,13,22,34,36-37H2,1H3/b16-15+. The van der Waals surface area contributed by atoms with Gasteiger partial charge in [-0.15, -0.1) is 0 Å². The summed E-state index contributed by atoms with van der Waals surface area (Å²) in [6, 6.07) is 26.0. The predicted molar refractivity (Wildman–Crippen MR) is 243 cm³/mol. The lowest BCUT2D eigenvalue weighted by atomic mass is 9.85. The van der Waals surface area contributed by atoms with Crippen LogP contribution in [0.1, 0.15) is 74.1 Å². The van der Waals surface area contributed by atoms with Crippen LogP contribution < -0.4 is 9.80 Å². The van der Waals surface area contributed by atoms with Gasteiger partial charge in [0.25, 0.3) is 0 Å². The van der Waals surface area contributed by atoms with Crippen LogP contribution >= 0.6 is 0 Å². The summed E-state index contributed by atoms with van der Waals surface area (Å²) in [4.78, 5) is 5.14. The second-order valence-electron chi connectivity index (χ2n) is 16.8. The zero-order valence-corrected chi connectivity index (χ0v) is 33.1. The number of hydrogen-bond donors (Lipinski definition) is 0. The minimum Gasteiger partial charge on any atom is -0.334 e. The second-order valence-corrected chi connectivity index (χ2v) is 16.8. The topological polar surface area (TPSA) is 6.48 Å². The molecule has 10 rings (SSSR count). The van der Waals surface area contributed by atoms with E-state index in [2.05, 4.69) is 193 Å². The molecule has 57 heavy (non-hydrogen) atoms. The Morgan fingerprint density at radius 3 is 2.18 bits per heavy atom. The maximum absolute atomic E-state index is 2.57. The van der Waals surface area contributed by atoms with Gasteiger partial charge in [-0.3, -0.25) is 0 Å². The molecule has 2 heteroatoms. The molecule has 3 aromatic carbocycles. The number of hydrogen-bond acceptors (Lipinski definition) is 2. The Bertz CT molecular complexity index is 2430. The van der Waals surface area contributed by atoms with E-state index in [1.165, 1.54) is 67.3 Å². The van der Waals surface area contributed by atoms with E-state index in [0.29, 0.717) is 11.8 Å². The first-order valence-electron chi connectivity index (χ1n) is 21.3. The summed E-state index contributed by atoms with van der Waals surface area (Å²) < 4.78 is 0. The summed E-state index contributed by atoms with van der Waals surface area (Å²) in [5.41, 5.74) is 17.7. The minimum atomic E-state index is 0.276. The van der Waals surface area contributed by atoms with Crippen LogP contribution in [0.3, 0.4) is 0 Å². The lowest BCUT2D eigenvalue weighted by Crippen LogP contribution is -2.35. The molecule has 0 heterocycles. The van der Waals surface area contributed by atoms with E-state index in [4.69, 9.17) is 0 Å². The number of rotatable bonds is 8. The molecule has 0 aromatic heterocycles. The van der Waals surface area contributed by atoms with Crippen molar-refractivity contribution in [3.8, 4) is 0 Å². The minimum absolute atomic E-state index is 0.276. The van der Waals surface area contributed by atoms with Crippen LogP contribution in [-0.2, 0) is 6.42 Å². The SMILES string of the molecule is CC1C=Cc2ccc(N(c3ccc(/C=C/c4ccc(N(C5=CCC6C=CC=CC6=C5)C5C=CC6=C(C=CCC6)C5)cc4)cc3)C3C=CC4=C(CCC=C4)C3)cc2C1. The van der Waals surface area contributed by atoms with E-state index in [1.54, 1.807) is 5.57 Å². The highest BCUT2D eigenvalue weighted by Crippen LogP contribution is 2.40. The fraction of sp³-hybridized carbons (Fsp3) is 0.236. The van der Waals surface area contributed by atoms with Crippen molar-refractivity contribution in [1.29, 1.82) is 0 Å². The molecule has 3 aromatic rings. The van der Waals surface area contributed by atoms with Crippen LogP contribution in [0, 0.1) is 11.8 Å². The smallest absolute Gasteiger partial charge is 0.0565 e. The molecule has 7 aliphatic carbocycles. The lowest BCUT2D eigenvalue weighted by Gasteiger charge is -2.37. The van der Waals surface area contributed by atoms with Crippen LogP contribution in [-0.4, -0.2) is 12.1 Å². The molecule has 0 aliphatic heterocycles. The van der Waals surface area contributed by atoms with Crippen molar-refractivity contribution in [3.63, 3.8) is 0 Å². The van der Waals surface area contributed by atoms with Crippen LogP contribution in [0.25, 0.3) is 18.2 Å². The number of allylic oxidation sites excluding steroid dienone is 16. The molecule has 0 saturated heterocycles. The maximum atomic E-state index is 2.57. The van der Waals surface area contributed by atoms with E-state index in [1.807, 2.05) is 0 Å². The van der Waals surface area contributed by atoms with Gasteiger partial charge in [-0.2, -0.15) is 0 Å². The quantitative estimate of drug-likeness (QED) is 0.212. The average molecular weight is 741 g/mol. The molecule has 0 fully saturated rings. The van der Waals surface area contributed by atoms with E-state index < -0.39 is 0 Å². The average Bonchev–Trinajstić information content (AvgIpc) is 3.26. The Morgan fingerprint density at radius 2 is 1.33 bits per heavy atom. The van der Waals surface area contributed by atoms with Gasteiger partial charge < -0.3 is 9.80 Å². The van der Waals surface area contributed by atoms with Crippen molar-refractivity contribution < 1.29 is 0 Å². The molecule has 4 atom stereocenters. The molecule has 0 saturated carbocycles. The fourth-order valence-electron chi connectivity index (χ4n) is 9.78. The lowest BCUT2D eigenvalue weighted by molar-refractivity contribution is 0.705. The largest absolute Gasteiger partial charge is 0.334 e. The summed E-state index contributed by atoms with van der Waals surface area (Å²) in [7, 11) is 0. The van der Waals surface area contributed by atoms with E-state index >= 15 is 0 Å². The first-order chi connectivity index (χ1) is 28.1. The van der Waals surface area contributed by atoms with Gasteiger partial charge in [0.15, 0.2) is 0 Å². The highest BCUT2D eigenvalue weighted by atomic mass is 15.2. The van der Waals surface area contributed by atoms with Gasteiger partial charge in [-0.25, -0.2) is 0 Å². The number of nitrogens with zero attached hydrogens (tertiary/aromatic N) is 2. The molecule has 2 nitrogen and oxygen atoms in total. The molecule has 0 amide bonds. The van der Waals surface area contributed by atoms with Crippen molar-refractivity contribution >= 4 is 35.3 Å². The van der Waals surface area contributed by atoms with Crippen LogP contribution in [0.2, 0.25) is 0 Å². The third kappa shape index (κ3) is 7.42. The van der Waals surface area contributed by atoms with Gasteiger partial charge in [0, 0.05) is 28.7 Å². The van der Waals surface area contributed by atoms with Gasteiger partial charge in [0.1, 0.15) is 0 Å². The third-order valence-electron chi connectivity index (χ3n) is 12.9. The molecule has 0 bridgehead atoms. The Hall–Kier alpha value is -5.86. The molecule has 0 N–H and O–H groups in total. The summed E-state index contributed by atoms with van der Waals surface area (Å²) >= 11 is 0. The van der Waals surface area contributed by atoms with E-state index in [-0.39, 0.29) is 12.1 Å². The van der Waals surface area contributed by atoms with Gasteiger partial charge in [0.2, 0.25) is 0 Å². The van der Waals surface area contributed by atoms with Crippen molar-refractivity contribution in [2.45, 2.75) is 70.4 Å². The first kappa shape index (κ1) is 35.5. The summed E-state index contributed by atoms with van der Waals surface area (Å²) in [6.45, 7) is 2.32. The van der Waals surface area contributed by atoms with E-state index in [0.717, 1.165) is 51.4 Å². The van der Waals surface area contributed by atoms with Gasteiger partial charge in [-0.1, -0.05) is 146 Å². The van der Waals surface area contributed by atoms with Crippen molar-refractivity contribution in [1.82, 2.24) is 0 Å². The molecule has 0 spiro atoms. The summed E-state index contributed by atoms with van der Waals surface area (Å²) in [5, 5.41) is 0. The highest BCUT2D eigenvalue weighted by Gasteiger charge is 2.28. The Kier molecular flexibility index (Phi) is 9.72. The maximum Gasteiger partial charge on any atom is 0.0565 e. The van der Waals surface area contributed by atoms with E-state index in [9.17, 15) is 0 Å². The van der Waals surface area contributed by atoms with Crippen LogP contribution in [0.4, 0.5) is 17.1 Å². The molecular weight excluding hydrogens is 689 g/mol. The first-order valence-corrected chi connectivity index (χ1v) is 21.3. The third-order valence-corrected chi connectivity index (χ3v) is 12.9. The molecule has 7 aliphatic rings. The molecule has 4 unspecified atom stereocenters. The van der Waals surface area contributed by atoms with Crippen molar-refractivity contribution in [2.75, 3.05) is 9.80 Å². The van der Waals surface area contributed by atoms with Crippen LogP contribution in [0.15, 0.2) is 191 Å². The Morgan fingerprint density at radius 1 is 0.596 bits per heavy atom. The van der Waals surface area contributed by atoms with Crippen LogP contribution in [0.5, 0.6) is 0 Å². The number of fused-ring (bicyclic) bond motifs is 2. The Labute approximate surface area is 339 Å². The van der Waals surface area contributed by atoms with Gasteiger partial charge in [-0.05, 0) is 144 Å². The Balaban J connectivity index is 0.899. The zero-order chi connectivity index (χ0) is 38.1. The normalized spacial score (nSPS) is 24.2.